The minimum Gasteiger partial charge on any atom is -0.490 e. The van der Waals surface area contributed by atoms with Crippen LogP contribution in [0.3, 0.4) is 0 Å². The molecule has 1 aromatic rings. The molecule has 0 aromatic heterocycles. The normalized spacial score (nSPS) is 18.8. The molecule has 7 nitrogen and oxygen atoms in total. The fraction of sp³-hybridized carbons (Fsp3) is 0.500. The number of amides is 3. The van der Waals surface area contributed by atoms with Crippen LogP contribution in [0.2, 0.25) is 0 Å². The number of nitrogens with zero attached hydrogens (tertiary/aromatic N) is 2. The van der Waals surface area contributed by atoms with Crippen LogP contribution in [-0.2, 0) is 9.59 Å². The van der Waals surface area contributed by atoms with Crippen LogP contribution in [0, 0.1) is 9.49 Å². The topological polar surface area (TPSA) is 76.2 Å². The first-order valence-electron chi connectivity index (χ1n) is 10.5. The van der Waals surface area contributed by atoms with E-state index in [1.165, 1.54) is 0 Å². The van der Waals surface area contributed by atoms with Crippen LogP contribution in [0.4, 0.5) is 4.79 Å². The molecule has 168 valence electrons. The Morgan fingerprint density at radius 3 is 2.52 bits per heavy atom. The maximum absolute atomic E-state index is 12.8. The van der Waals surface area contributed by atoms with Gasteiger partial charge in [-0.3, -0.25) is 19.3 Å². The van der Waals surface area contributed by atoms with Crippen molar-refractivity contribution >= 4 is 57.5 Å². The lowest BCUT2D eigenvalue weighted by Gasteiger charge is -2.31. The van der Waals surface area contributed by atoms with Crippen LogP contribution in [-0.4, -0.2) is 59.7 Å². The Labute approximate surface area is 200 Å². The second kappa shape index (κ2) is 10.7. The molecule has 2 saturated heterocycles. The number of imide groups is 1. The number of hydrogen-bond donors (Lipinski definition) is 0. The summed E-state index contributed by atoms with van der Waals surface area (Å²) in [4.78, 5) is 41.0. The summed E-state index contributed by atoms with van der Waals surface area (Å²) in [6, 6.07) is 3.67. The second-order valence-electron chi connectivity index (χ2n) is 7.53. The molecule has 3 rings (SSSR count). The maximum atomic E-state index is 12.8. The Morgan fingerprint density at radius 2 is 1.87 bits per heavy atom. The van der Waals surface area contributed by atoms with E-state index in [-0.39, 0.29) is 12.5 Å². The number of thioether (sulfide) groups is 1. The number of carbonyl (C=O) groups is 3. The van der Waals surface area contributed by atoms with Crippen molar-refractivity contribution in [3.05, 3.63) is 26.2 Å². The summed E-state index contributed by atoms with van der Waals surface area (Å²) in [5, 5.41) is -0.416. The number of likely N-dealkylation sites (tertiary alicyclic amines) is 1. The highest BCUT2D eigenvalue weighted by Gasteiger charge is 2.37. The van der Waals surface area contributed by atoms with Crippen LogP contribution in [0.5, 0.6) is 11.5 Å². The molecule has 31 heavy (non-hydrogen) atoms. The van der Waals surface area contributed by atoms with Crippen molar-refractivity contribution in [2.24, 2.45) is 5.92 Å². The smallest absolute Gasteiger partial charge is 0.294 e. The second-order valence-corrected chi connectivity index (χ2v) is 9.68. The standard InChI is InChI=1S/C22H27IN2O5S/c1-4-29-17-11-15(10-16(23)20(17)30-5-2)12-18-21(27)25(22(28)31-18)13-19(26)24-8-6-14(3)7-9-24/h10-12,14H,4-9,13H2,1-3H3/b18-12+. The van der Waals surface area contributed by atoms with Gasteiger partial charge in [0.05, 0.1) is 21.7 Å². The molecule has 2 fully saturated rings. The van der Waals surface area contributed by atoms with Crippen LogP contribution in [0.15, 0.2) is 17.0 Å². The third-order valence-corrected chi connectivity index (χ3v) is 6.93. The first-order valence-corrected chi connectivity index (χ1v) is 12.4. The minimum absolute atomic E-state index is 0.176. The molecule has 0 radical (unpaired) electrons. The molecule has 0 spiro atoms. The van der Waals surface area contributed by atoms with Gasteiger partial charge in [-0.25, -0.2) is 0 Å². The van der Waals surface area contributed by atoms with E-state index in [0.29, 0.717) is 48.6 Å². The van der Waals surface area contributed by atoms with Crippen molar-refractivity contribution in [2.45, 2.75) is 33.6 Å². The van der Waals surface area contributed by atoms with E-state index >= 15 is 0 Å². The van der Waals surface area contributed by atoms with Crippen molar-refractivity contribution in [3.8, 4) is 11.5 Å². The Bertz CT molecular complexity index is 896. The van der Waals surface area contributed by atoms with Crippen LogP contribution >= 0.6 is 34.4 Å². The third-order valence-electron chi connectivity index (χ3n) is 5.22. The molecule has 0 bridgehead atoms. The molecule has 0 aliphatic carbocycles. The summed E-state index contributed by atoms with van der Waals surface area (Å²) in [5.74, 6) is 1.25. The van der Waals surface area contributed by atoms with Gasteiger partial charge in [-0.15, -0.1) is 0 Å². The van der Waals surface area contributed by atoms with Crippen LogP contribution in [0.25, 0.3) is 6.08 Å². The highest BCUT2D eigenvalue weighted by atomic mass is 127. The highest BCUT2D eigenvalue weighted by molar-refractivity contribution is 14.1. The van der Waals surface area contributed by atoms with E-state index in [1.807, 2.05) is 19.9 Å². The van der Waals surface area contributed by atoms with Gasteiger partial charge in [0.1, 0.15) is 6.54 Å². The number of rotatable bonds is 7. The molecule has 1 aromatic carbocycles. The Kier molecular flexibility index (Phi) is 8.26. The van der Waals surface area contributed by atoms with E-state index in [0.717, 1.165) is 38.6 Å². The van der Waals surface area contributed by atoms with Gasteiger partial charge in [0, 0.05) is 13.1 Å². The lowest BCUT2D eigenvalue weighted by molar-refractivity contribution is -0.136. The largest absolute Gasteiger partial charge is 0.490 e. The van der Waals surface area contributed by atoms with Gasteiger partial charge in [0.25, 0.3) is 11.1 Å². The van der Waals surface area contributed by atoms with E-state index in [4.69, 9.17) is 9.47 Å². The lowest BCUT2D eigenvalue weighted by Crippen LogP contribution is -2.45. The van der Waals surface area contributed by atoms with E-state index in [1.54, 1.807) is 17.0 Å². The summed E-state index contributed by atoms with van der Waals surface area (Å²) >= 11 is 3.02. The average molecular weight is 558 g/mol. The minimum atomic E-state index is -0.435. The van der Waals surface area contributed by atoms with Crippen molar-refractivity contribution in [2.75, 3.05) is 32.8 Å². The van der Waals surface area contributed by atoms with E-state index in [9.17, 15) is 14.4 Å². The van der Waals surface area contributed by atoms with Crippen LogP contribution < -0.4 is 9.47 Å². The fourth-order valence-electron chi connectivity index (χ4n) is 3.50. The van der Waals surface area contributed by atoms with Gasteiger partial charge in [0.15, 0.2) is 11.5 Å². The molecule has 2 heterocycles. The molecule has 9 heteroatoms. The summed E-state index contributed by atoms with van der Waals surface area (Å²) < 4.78 is 12.2. The quantitative estimate of drug-likeness (QED) is 0.365. The Hall–Kier alpha value is -1.75. The molecular weight excluding hydrogens is 531 g/mol. The number of ether oxygens (including phenoxy) is 2. The number of carbonyl (C=O) groups excluding carboxylic acids is 3. The molecule has 3 amide bonds. The number of piperidine rings is 1. The predicted molar refractivity (Wildman–Crippen MR) is 129 cm³/mol. The van der Waals surface area contributed by atoms with Gasteiger partial charge >= 0.3 is 0 Å². The monoisotopic (exact) mass is 558 g/mol. The zero-order valence-corrected chi connectivity index (χ0v) is 21.0. The van der Waals surface area contributed by atoms with Crippen molar-refractivity contribution < 1.29 is 23.9 Å². The molecule has 2 aliphatic rings. The van der Waals surface area contributed by atoms with E-state index in [2.05, 4.69) is 29.5 Å². The number of halogens is 1. The van der Waals surface area contributed by atoms with Gasteiger partial charge < -0.3 is 14.4 Å². The first kappa shape index (κ1) is 23.9. The summed E-state index contributed by atoms with van der Waals surface area (Å²) in [6.45, 7) is 8.10. The summed E-state index contributed by atoms with van der Waals surface area (Å²) in [6.07, 6.45) is 3.57. The maximum Gasteiger partial charge on any atom is 0.294 e. The van der Waals surface area contributed by atoms with Crippen molar-refractivity contribution in [1.82, 2.24) is 9.80 Å². The Balaban J connectivity index is 1.76. The molecule has 0 atom stereocenters. The zero-order chi connectivity index (χ0) is 22.5. The highest BCUT2D eigenvalue weighted by Crippen LogP contribution is 2.37. The number of hydrogen-bond acceptors (Lipinski definition) is 6. The van der Waals surface area contributed by atoms with Crippen LogP contribution in [0.1, 0.15) is 39.2 Å². The average Bonchev–Trinajstić information content (AvgIpc) is 2.98. The fourth-order valence-corrected chi connectivity index (χ4v) is 5.12. The van der Waals surface area contributed by atoms with Gasteiger partial charge in [-0.05, 0) is 90.7 Å². The molecule has 0 N–H and O–H groups in total. The van der Waals surface area contributed by atoms with Gasteiger partial charge in [-0.1, -0.05) is 6.92 Å². The Morgan fingerprint density at radius 1 is 1.19 bits per heavy atom. The first-order chi connectivity index (χ1) is 14.8. The third kappa shape index (κ3) is 5.74. The zero-order valence-electron chi connectivity index (χ0n) is 18.0. The molecule has 0 unspecified atom stereocenters. The van der Waals surface area contributed by atoms with Crippen molar-refractivity contribution in [1.29, 1.82) is 0 Å². The predicted octanol–water partition coefficient (Wildman–Crippen LogP) is 4.38. The van der Waals surface area contributed by atoms with E-state index < -0.39 is 11.1 Å². The molecule has 0 saturated carbocycles. The van der Waals surface area contributed by atoms with Gasteiger partial charge in [-0.2, -0.15) is 0 Å². The summed E-state index contributed by atoms with van der Waals surface area (Å²) in [7, 11) is 0. The molecular formula is C22H27IN2O5S. The SMILES string of the molecule is CCOc1cc(/C=C2/SC(=O)N(CC(=O)N3CCC(C)CC3)C2=O)cc(I)c1OCC. The van der Waals surface area contributed by atoms with Crippen molar-refractivity contribution in [3.63, 3.8) is 0 Å². The summed E-state index contributed by atoms with van der Waals surface area (Å²) in [5.41, 5.74) is 0.734. The molecule has 2 aliphatic heterocycles. The van der Waals surface area contributed by atoms with Gasteiger partial charge in [0.2, 0.25) is 5.91 Å². The lowest BCUT2D eigenvalue weighted by atomic mass is 9.99. The number of benzene rings is 1.